The summed E-state index contributed by atoms with van der Waals surface area (Å²) in [7, 11) is 1.72. The lowest BCUT2D eigenvalue weighted by molar-refractivity contribution is 0.413. The standard InChI is InChI=1S/C16H26N2O/c1-16(2,17)12-13-11-14(19-3)7-8-15(13)18-9-5-4-6-10-18/h7-8,11H,4-6,9-10,12,17H2,1-3H3. The Bertz CT molecular complexity index is 417. The molecule has 3 heteroatoms. The SMILES string of the molecule is COc1ccc(N2CCCCC2)c(CC(C)(C)N)c1. The average Bonchev–Trinajstić information content (AvgIpc) is 2.38. The van der Waals surface area contributed by atoms with E-state index in [-0.39, 0.29) is 5.54 Å². The van der Waals surface area contributed by atoms with Crippen molar-refractivity contribution in [3.05, 3.63) is 23.8 Å². The monoisotopic (exact) mass is 262 g/mol. The van der Waals surface area contributed by atoms with E-state index in [1.54, 1.807) is 7.11 Å². The second kappa shape index (κ2) is 5.83. The summed E-state index contributed by atoms with van der Waals surface area (Å²) in [5.41, 5.74) is 8.63. The lowest BCUT2D eigenvalue weighted by atomic mass is 9.94. The van der Waals surface area contributed by atoms with E-state index in [0.29, 0.717) is 0 Å². The largest absolute Gasteiger partial charge is 0.497 e. The molecule has 0 aliphatic carbocycles. The van der Waals surface area contributed by atoms with E-state index in [2.05, 4.69) is 36.9 Å². The van der Waals surface area contributed by atoms with Crippen molar-refractivity contribution in [2.24, 2.45) is 5.73 Å². The Kier molecular flexibility index (Phi) is 4.35. The summed E-state index contributed by atoms with van der Waals surface area (Å²) in [5.74, 6) is 0.917. The van der Waals surface area contributed by atoms with Gasteiger partial charge in [0.05, 0.1) is 7.11 Å². The molecule has 3 nitrogen and oxygen atoms in total. The molecule has 1 aromatic rings. The third kappa shape index (κ3) is 3.87. The summed E-state index contributed by atoms with van der Waals surface area (Å²) in [6.07, 6.45) is 4.80. The number of ether oxygens (including phenoxy) is 1. The fraction of sp³-hybridized carbons (Fsp3) is 0.625. The van der Waals surface area contributed by atoms with E-state index in [1.165, 1.54) is 30.5 Å². The van der Waals surface area contributed by atoms with Crippen LogP contribution >= 0.6 is 0 Å². The predicted molar refractivity (Wildman–Crippen MR) is 81.0 cm³/mol. The summed E-state index contributed by atoms with van der Waals surface area (Å²) in [4.78, 5) is 2.49. The first-order chi connectivity index (χ1) is 8.99. The molecule has 0 saturated carbocycles. The van der Waals surface area contributed by atoms with Crippen molar-refractivity contribution < 1.29 is 4.74 Å². The van der Waals surface area contributed by atoms with Gasteiger partial charge in [-0.1, -0.05) is 0 Å². The highest BCUT2D eigenvalue weighted by Crippen LogP contribution is 2.30. The minimum absolute atomic E-state index is 0.198. The number of nitrogens with zero attached hydrogens (tertiary/aromatic N) is 1. The van der Waals surface area contributed by atoms with Crippen LogP contribution in [0.3, 0.4) is 0 Å². The van der Waals surface area contributed by atoms with Crippen molar-refractivity contribution >= 4 is 5.69 Å². The second-order valence-electron chi connectivity index (χ2n) is 6.21. The van der Waals surface area contributed by atoms with Crippen molar-refractivity contribution in [2.75, 3.05) is 25.1 Å². The van der Waals surface area contributed by atoms with Crippen LogP contribution in [0.25, 0.3) is 0 Å². The average molecular weight is 262 g/mol. The van der Waals surface area contributed by atoms with Gasteiger partial charge in [-0.2, -0.15) is 0 Å². The molecule has 0 spiro atoms. The maximum absolute atomic E-state index is 6.20. The van der Waals surface area contributed by atoms with Crippen molar-refractivity contribution in [3.8, 4) is 5.75 Å². The van der Waals surface area contributed by atoms with Gasteiger partial charge in [-0.15, -0.1) is 0 Å². The quantitative estimate of drug-likeness (QED) is 0.906. The Balaban J connectivity index is 2.29. The van der Waals surface area contributed by atoms with Crippen LogP contribution < -0.4 is 15.4 Å². The Hall–Kier alpha value is -1.22. The van der Waals surface area contributed by atoms with Gasteiger partial charge in [0.15, 0.2) is 0 Å². The highest BCUT2D eigenvalue weighted by Gasteiger charge is 2.19. The van der Waals surface area contributed by atoms with Crippen molar-refractivity contribution in [3.63, 3.8) is 0 Å². The molecule has 0 bridgehead atoms. The molecule has 1 saturated heterocycles. The first-order valence-electron chi connectivity index (χ1n) is 7.20. The zero-order valence-electron chi connectivity index (χ0n) is 12.4. The molecule has 1 aliphatic rings. The van der Waals surface area contributed by atoms with Gasteiger partial charge in [0, 0.05) is 24.3 Å². The van der Waals surface area contributed by atoms with E-state index in [0.717, 1.165) is 25.3 Å². The third-order valence-corrected chi connectivity index (χ3v) is 3.63. The minimum Gasteiger partial charge on any atom is -0.497 e. The highest BCUT2D eigenvalue weighted by molar-refractivity contribution is 5.57. The van der Waals surface area contributed by atoms with Gasteiger partial charge in [0.2, 0.25) is 0 Å². The van der Waals surface area contributed by atoms with Gasteiger partial charge in [-0.05, 0) is 63.3 Å². The zero-order chi connectivity index (χ0) is 13.9. The lowest BCUT2D eigenvalue weighted by Gasteiger charge is -2.32. The van der Waals surface area contributed by atoms with Gasteiger partial charge in [-0.25, -0.2) is 0 Å². The smallest absolute Gasteiger partial charge is 0.119 e. The summed E-state index contributed by atoms with van der Waals surface area (Å²) in [6, 6.07) is 6.38. The first-order valence-corrected chi connectivity index (χ1v) is 7.20. The second-order valence-corrected chi connectivity index (χ2v) is 6.21. The number of hydrogen-bond acceptors (Lipinski definition) is 3. The van der Waals surface area contributed by atoms with Crippen LogP contribution in [0.5, 0.6) is 5.75 Å². The van der Waals surface area contributed by atoms with E-state index in [4.69, 9.17) is 10.5 Å². The molecule has 0 aromatic heterocycles. The van der Waals surface area contributed by atoms with Gasteiger partial charge in [-0.3, -0.25) is 0 Å². The number of methoxy groups -OCH3 is 1. The Morgan fingerprint density at radius 2 is 1.89 bits per heavy atom. The maximum atomic E-state index is 6.20. The fourth-order valence-electron chi connectivity index (χ4n) is 2.76. The molecule has 1 aliphatic heterocycles. The molecule has 0 radical (unpaired) electrons. The number of benzene rings is 1. The summed E-state index contributed by atoms with van der Waals surface area (Å²) in [6.45, 7) is 6.47. The van der Waals surface area contributed by atoms with Crippen molar-refractivity contribution in [1.29, 1.82) is 0 Å². The summed E-state index contributed by atoms with van der Waals surface area (Å²) < 4.78 is 5.35. The van der Waals surface area contributed by atoms with Crippen LogP contribution in [0.2, 0.25) is 0 Å². The Labute approximate surface area is 116 Å². The molecular weight excluding hydrogens is 236 g/mol. The predicted octanol–water partition coefficient (Wildman–Crippen LogP) is 2.97. The fourth-order valence-corrected chi connectivity index (χ4v) is 2.76. The van der Waals surface area contributed by atoms with E-state index in [9.17, 15) is 0 Å². The number of anilines is 1. The van der Waals surface area contributed by atoms with Crippen LogP contribution in [0, 0.1) is 0 Å². The summed E-state index contributed by atoms with van der Waals surface area (Å²) in [5, 5.41) is 0. The topological polar surface area (TPSA) is 38.5 Å². The Morgan fingerprint density at radius 1 is 1.21 bits per heavy atom. The molecular formula is C16H26N2O. The third-order valence-electron chi connectivity index (χ3n) is 3.63. The molecule has 1 fully saturated rings. The first kappa shape index (κ1) is 14.2. The van der Waals surface area contributed by atoms with Gasteiger partial charge in [0.1, 0.15) is 5.75 Å². The van der Waals surface area contributed by atoms with E-state index >= 15 is 0 Å². The maximum Gasteiger partial charge on any atom is 0.119 e. The Morgan fingerprint density at radius 3 is 2.47 bits per heavy atom. The number of rotatable bonds is 4. The summed E-state index contributed by atoms with van der Waals surface area (Å²) >= 11 is 0. The van der Waals surface area contributed by atoms with Crippen molar-refractivity contribution in [1.82, 2.24) is 0 Å². The lowest BCUT2D eigenvalue weighted by Crippen LogP contribution is -2.36. The number of piperidine rings is 1. The molecule has 1 heterocycles. The van der Waals surface area contributed by atoms with Gasteiger partial charge < -0.3 is 15.4 Å². The highest BCUT2D eigenvalue weighted by atomic mass is 16.5. The molecule has 106 valence electrons. The molecule has 0 amide bonds. The zero-order valence-corrected chi connectivity index (χ0v) is 12.4. The van der Waals surface area contributed by atoms with Crippen LogP contribution in [0.4, 0.5) is 5.69 Å². The molecule has 2 rings (SSSR count). The molecule has 0 unspecified atom stereocenters. The minimum atomic E-state index is -0.198. The number of nitrogens with two attached hydrogens (primary N) is 1. The van der Waals surface area contributed by atoms with E-state index in [1.807, 2.05) is 0 Å². The van der Waals surface area contributed by atoms with E-state index < -0.39 is 0 Å². The molecule has 19 heavy (non-hydrogen) atoms. The van der Waals surface area contributed by atoms with Gasteiger partial charge in [0.25, 0.3) is 0 Å². The van der Waals surface area contributed by atoms with Crippen LogP contribution in [-0.2, 0) is 6.42 Å². The van der Waals surface area contributed by atoms with Crippen LogP contribution in [0.15, 0.2) is 18.2 Å². The molecule has 0 atom stereocenters. The normalized spacial score (nSPS) is 16.5. The van der Waals surface area contributed by atoms with Crippen LogP contribution in [0.1, 0.15) is 38.7 Å². The van der Waals surface area contributed by atoms with Crippen molar-refractivity contribution in [2.45, 2.75) is 45.1 Å². The molecule has 1 aromatic carbocycles. The van der Waals surface area contributed by atoms with Gasteiger partial charge >= 0.3 is 0 Å². The van der Waals surface area contributed by atoms with Crippen LogP contribution in [-0.4, -0.2) is 25.7 Å². The number of hydrogen-bond donors (Lipinski definition) is 1. The molecule has 2 N–H and O–H groups in total.